The van der Waals surface area contributed by atoms with Gasteiger partial charge in [-0.1, -0.05) is 91.0 Å². The number of amides is 1. The Morgan fingerprint density at radius 2 is 1.38 bits per heavy atom. The number of hydrazone groups is 1. The molecule has 2 unspecified atom stereocenters. The van der Waals surface area contributed by atoms with Gasteiger partial charge in [0.1, 0.15) is 11.7 Å². The highest BCUT2D eigenvalue weighted by Gasteiger charge is 2.44. The molecule has 4 aromatic carbocycles. The number of carbonyl (C=O) groups is 1. The Bertz CT molecular complexity index is 1270. The van der Waals surface area contributed by atoms with Gasteiger partial charge in [0.15, 0.2) is 0 Å². The number of nitrogens with one attached hydrogen (secondary N) is 1. The van der Waals surface area contributed by atoms with E-state index in [1.165, 1.54) is 0 Å². The van der Waals surface area contributed by atoms with E-state index in [0.717, 1.165) is 28.1 Å². The summed E-state index contributed by atoms with van der Waals surface area (Å²) in [6.45, 7) is 0.366. The molecule has 1 aliphatic rings. The van der Waals surface area contributed by atoms with Crippen molar-refractivity contribution in [3.05, 3.63) is 132 Å². The molecule has 0 aromatic heterocycles. The van der Waals surface area contributed by atoms with Gasteiger partial charge in [0.25, 0.3) is 0 Å². The first-order chi connectivity index (χ1) is 16.7. The highest BCUT2D eigenvalue weighted by atomic mass is 16.3. The van der Waals surface area contributed by atoms with Crippen LogP contribution < -0.4 is 10.3 Å². The third-order valence-corrected chi connectivity index (χ3v) is 6.01. The van der Waals surface area contributed by atoms with Gasteiger partial charge in [-0.15, -0.1) is 0 Å². The highest BCUT2D eigenvalue weighted by Crippen LogP contribution is 2.40. The molecule has 0 radical (unpaired) electrons. The average molecular weight is 448 g/mol. The molecule has 0 spiro atoms. The van der Waals surface area contributed by atoms with Crippen LogP contribution in [-0.4, -0.2) is 16.7 Å². The Morgan fingerprint density at radius 1 is 0.794 bits per heavy atom. The van der Waals surface area contributed by atoms with Crippen molar-refractivity contribution in [3.8, 4) is 5.75 Å². The summed E-state index contributed by atoms with van der Waals surface area (Å²) in [5, 5.41) is 19.6. The molecular formula is C29H25N3O2. The van der Waals surface area contributed by atoms with Crippen LogP contribution in [0.2, 0.25) is 0 Å². The number of hydrogen-bond acceptors (Lipinski definition) is 4. The molecule has 0 aliphatic carbocycles. The Morgan fingerprint density at radius 3 is 2.03 bits per heavy atom. The van der Waals surface area contributed by atoms with Gasteiger partial charge in [-0.3, -0.25) is 9.80 Å². The summed E-state index contributed by atoms with van der Waals surface area (Å²) in [5.74, 6) is -0.405. The smallest absolute Gasteiger partial charge is 0.232 e. The minimum atomic E-state index is -0.512. The number of para-hydroxylation sites is 1. The third-order valence-electron chi connectivity index (χ3n) is 6.01. The number of aromatic hydroxyl groups is 1. The molecule has 0 saturated heterocycles. The molecule has 1 amide bonds. The van der Waals surface area contributed by atoms with Gasteiger partial charge in [-0.2, -0.15) is 5.10 Å². The van der Waals surface area contributed by atoms with Gasteiger partial charge in [-0.05, 0) is 41.0 Å². The second kappa shape index (κ2) is 9.63. The van der Waals surface area contributed by atoms with Crippen LogP contribution in [0.4, 0.5) is 5.69 Å². The number of anilines is 1. The fourth-order valence-corrected chi connectivity index (χ4v) is 4.34. The van der Waals surface area contributed by atoms with Crippen molar-refractivity contribution in [2.75, 3.05) is 5.01 Å². The summed E-state index contributed by atoms with van der Waals surface area (Å²) in [5.41, 5.74) is 4.52. The van der Waals surface area contributed by atoms with Crippen molar-refractivity contribution in [1.29, 1.82) is 0 Å². The number of phenolic OH excluding ortho intramolecular Hbond substituents is 1. The predicted octanol–water partition coefficient (Wildman–Crippen LogP) is 5.29. The van der Waals surface area contributed by atoms with E-state index >= 15 is 0 Å². The average Bonchev–Trinajstić information content (AvgIpc) is 3.31. The molecule has 168 valence electrons. The van der Waals surface area contributed by atoms with Gasteiger partial charge in [0, 0.05) is 6.54 Å². The Labute approximate surface area is 199 Å². The Balaban J connectivity index is 1.55. The van der Waals surface area contributed by atoms with Crippen molar-refractivity contribution < 1.29 is 9.90 Å². The summed E-state index contributed by atoms with van der Waals surface area (Å²) in [4.78, 5) is 13.8. The molecule has 0 saturated carbocycles. The van der Waals surface area contributed by atoms with Crippen molar-refractivity contribution in [1.82, 2.24) is 5.32 Å². The zero-order valence-corrected chi connectivity index (χ0v) is 18.6. The highest BCUT2D eigenvalue weighted by molar-refractivity contribution is 6.15. The summed E-state index contributed by atoms with van der Waals surface area (Å²) < 4.78 is 0. The number of benzene rings is 4. The summed E-state index contributed by atoms with van der Waals surface area (Å²) in [6.07, 6.45) is 0. The molecule has 2 atom stereocenters. The van der Waals surface area contributed by atoms with Gasteiger partial charge >= 0.3 is 0 Å². The first kappa shape index (κ1) is 21.5. The van der Waals surface area contributed by atoms with Crippen LogP contribution in [0, 0.1) is 5.92 Å². The SMILES string of the molecule is O=C(NCc1ccc(O)cc1)C1C(c2ccccc2)=NN(c2ccccc2)C1c1ccccc1. The number of nitrogens with zero attached hydrogens (tertiary/aromatic N) is 2. The van der Waals surface area contributed by atoms with Gasteiger partial charge in [0.05, 0.1) is 17.4 Å². The van der Waals surface area contributed by atoms with Crippen LogP contribution in [-0.2, 0) is 11.3 Å². The quantitative estimate of drug-likeness (QED) is 0.422. The molecule has 34 heavy (non-hydrogen) atoms. The number of hydrogen-bond donors (Lipinski definition) is 2. The third kappa shape index (κ3) is 4.41. The zero-order chi connectivity index (χ0) is 23.3. The van der Waals surface area contributed by atoms with E-state index in [-0.39, 0.29) is 17.7 Å². The standard InChI is InChI=1S/C29H25N3O2/c33-25-18-16-21(17-19-25)20-30-29(34)26-27(22-10-4-1-5-11-22)31-32(24-14-8-3-9-15-24)28(26)23-12-6-2-7-13-23/h1-19,26,28,33H,20H2,(H,30,34). The van der Waals surface area contributed by atoms with E-state index in [0.29, 0.717) is 6.54 Å². The van der Waals surface area contributed by atoms with Crippen LogP contribution >= 0.6 is 0 Å². The van der Waals surface area contributed by atoms with Gasteiger partial charge in [0.2, 0.25) is 5.91 Å². The molecule has 0 fully saturated rings. The molecule has 5 rings (SSSR count). The van der Waals surface area contributed by atoms with Crippen LogP contribution in [0.1, 0.15) is 22.7 Å². The van der Waals surface area contributed by atoms with Crippen LogP contribution in [0.3, 0.4) is 0 Å². The monoisotopic (exact) mass is 447 g/mol. The predicted molar refractivity (Wildman–Crippen MR) is 135 cm³/mol. The van der Waals surface area contributed by atoms with Crippen molar-refractivity contribution in [2.24, 2.45) is 11.0 Å². The summed E-state index contributed by atoms with van der Waals surface area (Å²) in [6, 6.07) is 36.5. The normalized spacial score (nSPS) is 17.3. The van der Waals surface area contributed by atoms with Crippen molar-refractivity contribution in [3.63, 3.8) is 0 Å². The lowest BCUT2D eigenvalue weighted by atomic mass is 9.86. The summed E-state index contributed by atoms with van der Waals surface area (Å²) >= 11 is 0. The maximum Gasteiger partial charge on any atom is 0.232 e. The fraction of sp³-hybridized carbons (Fsp3) is 0.103. The molecule has 5 nitrogen and oxygen atoms in total. The largest absolute Gasteiger partial charge is 0.508 e. The molecule has 0 bridgehead atoms. The summed E-state index contributed by atoms with van der Waals surface area (Å²) in [7, 11) is 0. The van der Waals surface area contributed by atoms with Crippen molar-refractivity contribution >= 4 is 17.3 Å². The maximum atomic E-state index is 13.8. The van der Waals surface area contributed by atoms with E-state index in [4.69, 9.17) is 5.10 Å². The van der Waals surface area contributed by atoms with Gasteiger partial charge < -0.3 is 10.4 Å². The first-order valence-electron chi connectivity index (χ1n) is 11.3. The lowest BCUT2D eigenvalue weighted by molar-refractivity contribution is -0.123. The fourth-order valence-electron chi connectivity index (χ4n) is 4.34. The number of carbonyl (C=O) groups excluding carboxylic acids is 1. The van der Waals surface area contributed by atoms with E-state index < -0.39 is 5.92 Å². The van der Waals surface area contributed by atoms with E-state index in [1.54, 1.807) is 24.3 Å². The van der Waals surface area contributed by atoms with Crippen LogP contribution in [0.5, 0.6) is 5.75 Å². The molecule has 5 heteroatoms. The topological polar surface area (TPSA) is 64.9 Å². The zero-order valence-electron chi connectivity index (χ0n) is 18.6. The van der Waals surface area contributed by atoms with Crippen LogP contribution in [0.15, 0.2) is 120 Å². The second-order valence-corrected chi connectivity index (χ2v) is 8.25. The molecule has 1 heterocycles. The van der Waals surface area contributed by atoms with E-state index in [1.807, 2.05) is 96.0 Å². The molecule has 4 aromatic rings. The Hall–Kier alpha value is -4.38. The molecule has 2 N–H and O–H groups in total. The Kier molecular flexibility index (Phi) is 6.08. The first-order valence-corrected chi connectivity index (χ1v) is 11.3. The van der Waals surface area contributed by atoms with Crippen LogP contribution in [0.25, 0.3) is 0 Å². The maximum absolute atomic E-state index is 13.8. The lowest BCUT2D eigenvalue weighted by Gasteiger charge is -2.28. The lowest BCUT2D eigenvalue weighted by Crippen LogP contribution is -2.39. The van der Waals surface area contributed by atoms with E-state index in [2.05, 4.69) is 5.32 Å². The van der Waals surface area contributed by atoms with Gasteiger partial charge in [-0.25, -0.2) is 0 Å². The van der Waals surface area contributed by atoms with Crippen molar-refractivity contribution in [2.45, 2.75) is 12.6 Å². The minimum absolute atomic E-state index is 0.0945. The molecular weight excluding hydrogens is 422 g/mol. The van der Waals surface area contributed by atoms with E-state index in [9.17, 15) is 9.90 Å². The minimum Gasteiger partial charge on any atom is -0.508 e. The molecule has 1 aliphatic heterocycles. The number of rotatable bonds is 6. The number of phenols is 1. The second-order valence-electron chi connectivity index (χ2n) is 8.25.